The molecule has 0 radical (unpaired) electrons. The molecule has 1 N–H and O–H groups in total. The number of hydrogen-bond donors (Lipinski definition) is 1. The minimum atomic E-state index is -0.0973. The Labute approximate surface area is 126 Å². The SMILES string of the molecule is COc1ccc(C#CCO)c(CN(CC2CC2)C2CC2)c1. The predicted molar refractivity (Wildman–Crippen MR) is 83.1 cm³/mol. The highest BCUT2D eigenvalue weighted by Gasteiger charge is 2.33. The van der Waals surface area contributed by atoms with Gasteiger partial charge in [0.25, 0.3) is 0 Å². The quantitative estimate of drug-likeness (QED) is 0.815. The molecular weight excluding hydrogens is 262 g/mol. The molecule has 112 valence electrons. The molecule has 21 heavy (non-hydrogen) atoms. The number of nitrogens with zero attached hydrogens (tertiary/aromatic N) is 1. The van der Waals surface area contributed by atoms with E-state index < -0.39 is 0 Å². The molecule has 3 heteroatoms. The average molecular weight is 285 g/mol. The van der Waals surface area contributed by atoms with Crippen LogP contribution in [0.4, 0.5) is 0 Å². The second kappa shape index (κ2) is 6.51. The molecule has 3 rings (SSSR count). The van der Waals surface area contributed by atoms with Gasteiger partial charge in [0.2, 0.25) is 0 Å². The van der Waals surface area contributed by atoms with Gasteiger partial charge < -0.3 is 9.84 Å². The largest absolute Gasteiger partial charge is 0.497 e. The van der Waals surface area contributed by atoms with Gasteiger partial charge in [0.15, 0.2) is 0 Å². The van der Waals surface area contributed by atoms with Crippen LogP contribution in [0.1, 0.15) is 36.8 Å². The topological polar surface area (TPSA) is 32.7 Å². The number of ether oxygens (including phenoxy) is 1. The molecule has 3 nitrogen and oxygen atoms in total. The van der Waals surface area contributed by atoms with Crippen molar-refractivity contribution < 1.29 is 9.84 Å². The summed E-state index contributed by atoms with van der Waals surface area (Å²) < 4.78 is 5.35. The van der Waals surface area contributed by atoms with E-state index in [0.717, 1.165) is 29.8 Å². The molecule has 0 spiro atoms. The summed E-state index contributed by atoms with van der Waals surface area (Å²) in [6.07, 6.45) is 5.43. The molecule has 2 aliphatic rings. The summed E-state index contributed by atoms with van der Waals surface area (Å²) in [5.74, 6) is 7.61. The Morgan fingerprint density at radius 3 is 2.71 bits per heavy atom. The van der Waals surface area contributed by atoms with Crippen LogP contribution in [-0.2, 0) is 6.54 Å². The maximum atomic E-state index is 8.92. The van der Waals surface area contributed by atoms with Crippen molar-refractivity contribution in [3.63, 3.8) is 0 Å². The van der Waals surface area contributed by atoms with Gasteiger partial charge in [-0.2, -0.15) is 0 Å². The third kappa shape index (κ3) is 4.00. The van der Waals surface area contributed by atoms with Crippen LogP contribution >= 0.6 is 0 Å². The van der Waals surface area contributed by atoms with Gasteiger partial charge in [0.1, 0.15) is 12.4 Å². The van der Waals surface area contributed by atoms with Gasteiger partial charge in [-0.3, -0.25) is 4.90 Å². The first-order valence-electron chi connectivity index (χ1n) is 7.81. The summed E-state index contributed by atoms with van der Waals surface area (Å²) in [4.78, 5) is 2.61. The van der Waals surface area contributed by atoms with Crippen molar-refractivity contribution in [2.24, 2.45) is 5.92 Å². The first kappa shape index (κ1) is 14.4. The van der Waals surface area contributed by atoms with Gasteiger partial charge in [0, 0.05) is 24.7 Å². The highest BCUT2D eigenvalue weighted by Crippen LogP contribution is 2.36. The zero-order valence-electron chi connectivity index (χ0n) is 12.6. The molecular formula is C18H23NO2. The third-order valence-electron chi connectivity index (χ3n) is 4.24. The summed E-state index contributed by atoms with van der Waals surface area (Å²) in [6.45, 7) is 2.06. The Balaban J connectivity index is 1.79. The van der Waals surface area contributed by atoms with Crippen molar-refractivity contribution in [1.29, 1.82) is 0 Å². The van der Waals surface area contributed by atoms with Gasteiger partial charge in [0.05, 0.1) is 7.11 Å². The zero-order valence-corrected chi connectivity index (χ0v) is 12.6. The molecule has 1 aromatic rings. The summed E-state index contributed by atoms with van der Waals surface area (Å²) in [5.41, 5.74) is 2.22. The van der Waals surface area contributed by atoms with E-state index in [-0.39, 0.29) is 6.61 Å². The molecule has 0 aromatic heterocycles. The second-order valence-corrected chi connectivity index (χ2v) is 6.09. The minimum Gasteiger partial charge on any atom is -0.497 e. The van der Waals surface area contributed by atoms with Gasteiger partial charge >= 0.3 is 0 Å². The van der Waals surface area contributed by atoms with Gasteiger partial charge in [-0.25, -0.2) is 0 Å². The molecule has 0 unspecified atom stereocenters. The summed E-state index contributed by atoms with van der Waals surface area (Å²) in [5, 5.41) is 8.92. The number of aliphatic hydroxyl groups excluding tert-OH is 1. The van der Waals surface area contributed by atoms with E-state index >= 15 is 0 Å². The van der Waals surface area contributed by atoms with E-state index in [2.05, 4.69) is 22.8 Å². The van der Waals surface area contributed by atoms with Crippen LogP contribution in [0.15, 0.2) is 18.2 Å². The standard InChI is InChI=1S/C18H23NO2/c1-21-18-9-6-15(3-2-10-20)16(11-18)13-19(17-7-8-17)12-14-4-5-14/h6,9,11,14,17,20H,4-5,7-8,10,12-13H2,1H3. The molecule has 2 aliphatic carbocycles. The Kier molecular flexibility index (Phi) is 4.48. The number of hydrogen-bond acceptors (Lipinski definition) is 3. The maximum absolute atomic E-state index is 8.92. The Bertz CT molecular complexity index is 550. The van der Waals surface area contributed by atoms with Gasteiger partial charge in [-0.1, -0.05) is 11.8 Å². The van der Waals surface area contributed by atoms with Crippen LogP contribution in [-0.4, -0.2) is 36.3 Å². The average Bonchev–Trinajstić information content (AvgIpc) is 3.38. The van der Waals surface area contributed by atoms with E-state index in [0.29, 0.717) is 0 Å². The highest BCUT2D eigenvalue weighted by molar-refractivity contribution is 5.45. The maximum Gasteiger partial charge on any atom is 0.119 e. The Morgan fingerprint density at radius 2 is 2.10 bits per heavy atom. The van der Waals surface area contributed by atoms with Crippen LogP contribution in [0.25, 0.3) is 0 Å². The lowest BCUT2D eigenvalue weighted by Crippen LogP contribution is -2.28. The lowest BCUT2D eigenvalue weighted by Gasteiger charge is -2.23. The highest BCUT2D eigenvalue weighted by atomic mass is 16.5. The van der Waals surface area contributed by atoms with Crippen molar-refractivity contribution >= 4 is 0 Å². The van der Waals surface area contributed by atoms with E-state index in [1.807, 2.05) is 12.1 Å². The fourth-order valence-electron chi connectivity index (χ4n) is 2.72. The van der Waals surface area contributed by atoms with E-state index in [4.69, 9.17) is 9.84 Å². The Morgan fingerprint density at radius 1 is 1.29 bits per heavy atom. The number of methoxy groups -OCH3 is 1. The van der Waals surface area contributed by atoms with Crippen molar-refractivity contribution in [1.82, 2.24) is 4.90 Å². The smallest absolute Gasteiger partial charge is 0.119 e. The van der Waals surface area contributed by atoms with Crippen molar-refractivity contribution in [3.8, 4) is 17.6 Å². The number of rotatable bonds is 6. The summed E-state index contributed by atoms with van der Waals surface area (Å²) in [6, 6.07) is 6.78. The second-order valence-electron chi connectivity index (χ2n) is 6.09. The van der Waals surface area contributed by atoms with E-state index in [1.54, 1.807) is 7.11 Å². The van der Waals surface area contributed by atoms with Crippen LogP contribution in [0.3, 0.4) is 0 Å². The normalized spacial score (nSPS) is 17.5. The minimum absolute atomic E-state index is 0.0973. The first-order chi connectivity index (χ1) is 10.3. The fourth-order valence-corrected chi connectivity index (χ4v) is 2.72. The lowest BCUT2D eigenvalue weighted by molar-refractivity contribution is 0.243. The number of aliphatic hydroxyl groups is 1. The van der Waals surface area contributed by atoms with Crippen molar-refractivity contribution in [3.05, 3.63) is 29.3 Å². The van der Waals surface area contributed by atoms with Gasteiger partial charge in [-0.15, -0.1) is 0 Å². The van der Waals surface area contributed by atoms with Crippen molar-refractivity contribution in [2.45, 2.75) is 38.3 Å². The molecule has 2 fully saturated rings. The third-order valence-corrected chi connectivity index (χ3v) is 4.24. The molecule has 0 atom stereocenters. The van der Waals surface area contributed by atoms with Gasteiger partial charge in [-0.05, 0) is 55.4 Å². The van der Waals surface area contributed by atoms with E-state index in [1.165, 1.54) is 37.8 Å². The monoisotopic (exact) mass is 285 g/mol. The van der Waals surface area contributed by atoms with Crippen LogP contribution in [0.5, 0.6) is 5.75 Å². The van der Waals surface area contributed by atoms with Crippen molar-refractivity contribution in [2.75, 3.05) is 20.3 Å². The molecule has 0 saturated heterocycles. The molecule has 0 amide bonds. The molecule has 0 heterocycles. The zero-order chi connectivity index (χ0) is 14.7. The summed E-state index contributed by atoms with van der Waals surface area (Å²) in [7, 11) is 1.70. The molecule has 2 saturated carbocycles. The molecule has 1 aromatic carbocycles. The lowest BCUT2D eigenvalue weighted by atomic mass is 10.1. The molecule has 0 aliphatic heterocycles. The predicted octanol–water partition coefficient (Wildman–Crippen LogP) is 2.41. The Hall–Kier alpha value is -1.50. The fraction of sp³-hybridized carbons (Fsp3) is 0.556. The van der Waals surface area contributed by atoms with E-state index in [9.17, 15) is 0 Å². The first-order valence-corrected chi connectivity index (χ1v) is 7.81. The van der Waals surface area contributed by atoms with Crippen LogP contribution < -0.4 is 4.74 Å². The number of benzene rings is 1. The van der Waals surface area contributed by atoms with Crippen LogP contribution in [0.2, 0.25) is 0 Å². The summed E-state index contributed by atoms with van der Waals surface area (Å²) >= 11 is 0. The molecule has 0 bridgehead atoms. The van der Waals surface area contributed by atoms with Crippen LogP contribution in [0, 0.1) is 17.8 Å².